The van der Waals surface area contributed by atoms with E-state index in [1.54, 1.807) is 22.7 Å². The minimum atomic E-state index is 1.04. The van der Waals surface area contributed by atoms with Crippen LogP contribution in [0.5, 0.6) is 0 Å². The van der Waals surface area contributed by atoms with E-state index in [2.05, 4.69) is 22.1 Å². The normalized spacial score (nSPS) is 9.67. The Morgan fingerprint density at radius 3 is 1.40 bits per heavy atom. The summed E-state index contributed by atoms with van der Waals surface area (Å²) in [5, 5.41) is 10.8. The smallest absolute Gasteiger partial charge is 0.114 e. The highest BCUT2D eigenvalue weighted by molar-refractivity contribution is 7.11. The fourth-order valence-electron chi connectivity index (χ4n) is 1.03. The fraction of sp³-hybridized carbons (Fsp3) is 0.500. The van der Waals surface area contributed by atoms with E-state index in [0.29, 0.717) is 0 Å². The zero-order valence-corrected chi connectivity index (χ0v) is 11.3. The Labute approximate surface area is 98.2 Å². The molecule has 0 fully saturated rings. The second-order valence-corrected chi connectivity index (χ2v) is 6.01. The highest BCUT2D eigenvalue weighted by atomic mass is 32.1. The Morgan fingerprint density at radius 2 is 1.27 bits per heavy atom. The van der Waals surface area contributed by atoms with E-state index >= 15 is 0 Å². The molecule has 2 rings (SSSR count). The van der Waals surface area contributed by atoms with Crippen LogP contribution in [0, 0.1) is 34.6 Å². The van der Waals surface area contributed by atoms with Gasteiger partial charge in [-0.3, -0.25) is 0 Å². The van der Waals surface area contributed by atoms with E-state index in [1.165, 1.54) is 15.6 Å². The summed E-state index contributed by atoms with van der Waals surface area (Å²) in [6.45, 7) is 10.1. The maximum Gasteiger partial charge on any atom is 0.114 e. The standard InChI is InChI=1S/C6H9NS.C4H6N2S/c1-4-5(2)8-6(3)7-4;1-3-5-6-4(2)7-3/h1-3H3;1-2H3. The molecule has 0 saturated carbocycles. The van der Waals surface area contributed by atoms with Crippen molar-refractivity contribution in [3.05, 3.63) is 25.6 Å². The summed E-state index contributed by atoms with van der Waals surface area (Å²) in [5.74, 6) is 0. The first-order valence-electron chi connectivity index (χ1n) is 4.66. The SMILES string of the molecule is Cc1nc(C)c(C)s1.Cc1nnc(C)s1. The van der Waals surface area contributed by atoms with Crippen molar-refractivity contribution >= 4 is 22.7 Å². The molecule has 3 nitrogen and oxygen atoms in total. The molecule has 0 spiro atoms. The molecule has 2 heterocycles. The van der Waals surface area contributed by atoms with Gasteiger partial charge in [0.2, 0.25) is 0 Å². The molecule has 2 aromatic heterocycles. The average Bonchev–Trinajstić information content (AvgIpc) is 2.61. The predicted octanol–water partition coefficient (Wildman–Crippen LogP) is 3.22. The van der Waals surface area contributed by atoms with Gasteiger partial charge in [0, 0.05) is 4.88 Å². The predicted molar refractivity (Wildman–Crippen MR) is 65.7 cm³/mol. The molecule has 0 aliphatic heterocycles. The quantitative estimate of drug-likeness (QED) is 0.711. The first kappa shape index (κ1) is 12.3. The summed E-state index contributed by atoms with van der Waals surface area (Å²) >= 11 is 3.38. The lowest BCUT2D eigenvalue weighted by molar-refractivity contribution is 1.02. The van der Waals surface area contributed by atoms with Crippen LogP contribution in [0.3, 0.4) is 0 Å². The first-order chi connectivity index (χ1) is 6.99. The van der Waals surface area contributed by atoms with E-state index in [1.807, 2.05) is 27.7 Å². The van der Waals surface area contributed by atoms with Crippen molar-refractivity contribution in [2.45, 2.75) is 34.6 Å². The van der Waals surface area contributed by atoms with Gasteiger partial charge in [-0.05, 0) is 34.6 Å². The van der Waals surface area contributed by atoms with Crippen LogP contribution in [0.1, 0.15) is 25.6 Å². The number of thiazole rings is 1. The fourth-order valence-corrected chi connectivity index (χ4v) is 2.44. The first-order valence-corrected chi connectivity index (χ1v) is 6.29. The molecular formula is C10H15N3S2. The number of rotatable bonds is 0. The third kappa shape index (κ3) is 4.05. The van der Waals surface area contributed by atoms with Crippen LogP contribution < -0.4 is 0 Å². The van der Waals surface area contributed by atoms with Crippen molar-refractivity contribution in [2.75, 3.05) is 0 Å². The van der Waals surface area contributed by atoms with Gasteiger partial charge in [0.25, 0.3) is 0 Å². The van der Waals surface area contributed by atoms with Crippen LogP contribution in [0.2, 0.25) is 0 Å². The number of aromatic nitrogens is 3. The molecule has 0 atom stereocenters. The van der Waals surface area contributed by atoms with Crippen molar-refractivity contribution in [2.24, 2.45) is 0 Å². The molecule has 0 N–H and O–H groups in total. The zero-order chi connectivity index (χ0) is 11.4. The molecule has 0 radical (unpaired) electrons. The third-order valence-electron chi connectivity index (χ3n) is 1.76. The van der Waals surface area contributed by atoms with Crippen LogP contribution in [0.15, 0.2) is 0 Å². The van der Waals surface area contributed by atoms with Crippen LogP contribution in [-0.4, -0.2) is 15.2 Å². The molecular weight excluding hydrogens is 226 g/mol. The van der Waals surface area contributed by atoms with Gasteiger partial charge in [-0.25, -0.2) is 4.98 Å². The lowest BCUT2D eigenvalue weighted by atomic mass is 10.4. The second kappa shape index (κ2) is 5.32. The summed E-state index contributed by atoms with van der Waals surface area (Å²) in [7, 11) is 0. The monoisotopic (exact) mass is 241 g/mol. The highest BCUT2D eigenvalue weighted by Gasteiger charge is 1.95. The molecule has 0 aromatic carbocycles. The lowest BCUT2D eigenvalue weighted by Crippen LogP contribution is -1.71. The minimum absolute atomic E-state index is 1.04. The maximum atomic E-state index is 4.23. The summed E-state index contributed by atoms with van der Waals surface area (Å²) in [5.41, 5.74) is 1.17. The van der Waals surface area contributed by atoms with E-state index in [9.17, 15) is 0 Å². The molecule has 0 amide bonds. The van der Waals surface area contributed by atoms with Gasteiger partial charge in [-0.2, -0.15) is 0 Å². The van der Waals surface area contributed by atoms with Gasteiger partial charge in [-0.1, -0.05) is 0 Å². The molecule has 0 aliphatic carbocycles. The van der Waals surface area contributed by atoms with E-state index in [0.717, 1.165) is 10.0 Å². The number of hydrogen-bond acceptors (Lipinski definition) is 5. The zero-order valence-electron chi connectivity index (χ0n) is 9.66. The molecule has 0 saturated heterocycles. The van der Waals surface area contributed by atoms with Crippen molar-refractivity contribution in [3.63, 3.8) is 0 Å². The van der Waals surface area contributed by atoms with Crippen LogP contribution in [-0.2, 0) is 0 Å². The molecule has 2 aromatic rings. The Kier molecular flexibility index (Phi) is 4.35. The summed E-state index contributed by atoms with van der Waals surface area (Å²) in [6, 6.07) is 0. The molecule has 82 valence electrons. The van der Waals surface area contributed by atoms with Gasteiger partial charge >= 0.3 is 0 Å². The van der Waals surface area contributed by atoms with Crippen molar-refractivity contribution < 1.29 is 0 Å². The second-order valence-electron chi connectivity index (χ2n) is 3.21. The van der Waals surface area contributed by atoms with Gasteiger partial charge < -0.3 is 0 Å². The Morgan fingerprint density at radius 1 is 0.733 bits per heavy atom. The van der Waals surface area contributed by atoms with Crippen molar-refractivity contribution in [1.29, 1.82) is 0 Å². The Balaban J connectivity index is 0.000000151. The van der Waals surface area contributed by atoms with Crippen molar-refractivity contribution in [3.8, 4) is 0 Å². The third-order valence-corrected chi connectivity index (χ3v) is 3.50. The maximum absolute atomic E-state index is 4.23. The van der Waals surface area contributed by atoms with E-state index < -0.39 is 0 Å². The number of hydrogen-bond donors (Lipinski definition) is 0. The van der Waals surface area contributed by atoms with E-state index in [4.69, 9.17) is 0 Å². The topological polar surface area (TPSA) is 38.7 Å². The molecule has 0 unspecified atom stereocenters. The molecule has 5 heteroatoms. The summed E-state index contributed by atoms with van der Waals surface area (Å²) in [6.07, 6.45) is 0. The Hall–Kier alpha value is -0.810. The molecule has 0 aliphatic rings. The van der Waals surface area contributed by atoms with Gasteiger partial charge in [0.05, 0.1) is 10.7 Å². The number of nitrogens with zero attached hydrogens (tertiary/aromatic N) is 3. The van der Waals surface area contributed by atoms with Crippen LogP contribution >= 0.6 is 22.7 Å². The van der Waals surface area contributed by atoms with Crippen LogP contribution in [0.25, 0.3) is 0 Å². The average molecular weight is 241 g/mol. The van der Waals surface area contributed by atoms with Crippen molar-refractivity contribution in [1.82, 2.24) is 15.2 Å². The minimum Gasteiger partial charge on any atom is -0.247 e. The molecule has 15 heavy (non-hydrogen) atoms. The lowest BCUT2D eigenvalue weighted by Gasteiger charge is -1.77. The summed E-state index contributed by atoms with van der Waals surface area (Å²) in [4.78, 5) is 5.56. The summed E-state index contributed by atoms with van der Waals surface area (Å²) < 4.78 is 0. The Bertz CT molecular complexity index is 396. The van der Waals surface area contributed by atoms with Gasteiger partial charge in [-0.15, -0.1) is 32.9 Å². The van der Waals surface area contributed by atoms with Crippen LogP contribution in [0.4, 0.5) is 0 Å². The van der Waals surface area contributed by atoms with Gasteiger partial charge in [0.15, 0.2) is 0 Å². The molecule has 0 bridgehead atoms. The van der Waals surface area contributed by atoms with Gasteiger partial charge in [0.1, 0.15) is 10.0 Å². The largest absolute Gasteiger partial charge is 0.247 e. The van der Waals surface area contributed by atoms with E-state index in [-0.39, 0.29) is 0 Å². The highest BCUT2D eigenvalue weighted by Crippen LogP contribution is 2.14. The number of aryl methyl sites for hydroxylation is 5.